The average molecular weight is 376 g/mol. The van der Waals surface area contributed by atoms with Crippen LogP contribution < -0.4 is 0 Å². The molecular formula is C13H13F5O5S. The summed E-state index contributed by atoms with van der Waals surface area (Å²) in [6, 6.07) is 0. The van der Waals surface area contributed by atoms with Crippen LogP contribution in [0.2, 0.25) is 0 Å². The quantitative estimate of drug-likeness (QED) is 0.463. The van der Waals surface area contributed by atoms with Gasteiger partial charge in [-0.25, -0.2) is 0 Å². The molecule has 3 unspecified atom stereocenters. The Labute approximate surface area is 133 Å². The van der Waals surface area contributed by atoms with Gasteiger partial charge in [0.05, 0.1) is 5.41 Å². The van der Waals surface area contributed by atoms with Crippen molar-refractivity contribution >= 4 is 16.1 Å². The third-order valence-corrected chi connectivity index (χ3v) is 7.65. The Balaban J connectivity index is 1.60. The molecule has 0 heterocycles. The Kier molecular flexibility index (Phi) is 2.79. The van der Waals surface area contributed by atoms with E-state index in [4.69, 9.17) is 4.55 Å². The highest BCUT2D eigenvalue weighted by atomic mass is 32.2. The van der Waals surface area contributed by atoms with Crippen LogP contribution in [0.25, 0.3) is 0 Å². The van der Waals surface area contributed by atoms with Crippen LogP contribution in [-0.2, 0) is 19.6 Å². The number of hydrogen-bond donors (Lipinski definition) is 1. The minimum atomic E-state index is -6.40. The molecule has 0 saturated heterocycles. The Morgan fingerprint density at radius 3 is 1.92 bits per heavy atom. The molecule has 136 valence electrons. The van der Waals surface area contributed by atoms with E-state index in [2.05, 4.69) is 4.74 Å². The van der Waals surface area contributed by atoms with Crippen LogP contribution >= 0.6 is 0 Å². The predicted molar refractivity (Wildman–Crippen MR) is 66.2 cm³/mol. The van der Waals surface area contributed by atoms with Crippen molar-refractivity contribution in [3.05, 3.63) is 0 Å². The number of carbonyl (C=O) groups excluding carboxylic acids is 1. The maximum atomic E-state index is 13.5. The normalized spacial score (nSPS) is 43.8. The van der Waals surface area contributed by atoms with Gasteiger partial charge in [-0.1, -0.05) is 0 Å². The van der Waals surface area contributed by atoms with E-state index in [1.165, 1.54) is 0 Å². The lowest BCUT2D eigenvalue weighted by Gasteiger charge is -2.89. The molecule has 11 heteroatoms. The molecule has 0 aromatic rings. The topological polar surface area (TPSA) is 80.7 Å². The molecule has 0 aromatic heterocycles. The fourth-order valence-electron chi connectivity index (χ4n) is 5.96. The maximum absolute atomic E-state index is 13.5. The van der Waals surface area contributed by atoms with Crippen LogP contribution in [0.3, 0.4) is 0 Å². The van der Waals surface area contributed by atoms with Crippen molar-refractivity contribution in [2.45, 2.75) is 43.2 Å². The summed E-state index contributed by atoms with van der Waals surface area (Å²) in [6.07, 6.45) is -7.71. The van der Waals surface area contributed by atoms with Crippen molar-refractivity contribution in [3.63, 3.8) is 0 Å². The summed E-state index contributed by atoms with van der Waals surface area (Å²) in [5.74, 6) is -0.776. The summed E-state index contributed by atoms with van der Waals surface area (Å²) in [4.78, 5) is 12.3. The van der Waals surface area contributed by atoms with Gasteiger partial charge in [0.2, 0.25) is 0 Å². The average Bonchev–Trinajstić information content (AvgIpc) is 2.29. The molecule has 1 N–H and O–H groups in total. The largest absolute Gasteiger partial charge is 0.444 e. The standard InChI is InChI=1S/C13H13F5O5S/c14-12(15,16)8(13(17,18)24(20,21)22)23-9(19)10-3-6-1-5-2-7(4-10)11(5,6)10/h5-8H,1-4H2,(H,20,21,22). The zero-order chi connectivity index (χ0) is 17.9. The third-order valence-electron chi connectivity index (χ3n) is 6.75. The summed E-state index contributed by atoms with van der Waals surface area (Å²) in [7, 11) is -6.40. The minimum absolute atomic E-state index is 0.217. The molecule has 4 aliphatic carbocycles. The first kappa shape index (κ1) is 16.5. The van der Waals surface area contributed by atoms with Crippen molar-refractivity contribution in [2.75, 3.05) is 0 Å². The van der Waals surface area contributed by atoms with E-state index in [0.717, 1.165) is 12.8 Å². The highest BCUT2D eigenvalue weighted by Crippen LogP contribution is 2.93. The second-order valence-electron chi connectivity index (χ2n) is 7.35. The molecule has 0 amide bonds. The van der Waals surface area contributed by atoms with Gasteiger partial charge in [0.25, 0.3) is 6.10 Å². The molecule has 24 heavy (non-hydrogen) atoms. The first-order valence-electron chi connectivity index (χ1n) is 7.41. The molecule has 4 aliphatic rings. The Morgan fingerprint density at radius 2 is 1.58 bits per heavy atom. The Hall–Kier alpha value is -0.970. The number of ether oxygens (including phenoxy) is 1. The second kappa shape index (κ2) is 4.05. The highest BCUT2D eigenvalue weighted by molar-refractivity contribution is 7.86. The number of rotatable bonds is 4. The Bertz CT molecular complexity index is 704. The van der Waals surface area contributed by atoms with Crippen LogP contribution in [0.1, 0.15) is 25.7 Å². The molecular weight excluding hydrogens is 363 g/mol. The van der Waals surface area contributed by atoms with Gasteiger partial charge in [-0.2, -0.15) is 30.4 Å². The fraction of sp³-hybridized carbons (Fsp3) is 0.923. The van der Waals surface area contributed by atoms with Crippen LogP contribution in [0.5, 0.6) is 0 Å². The van der Waals surface area contributed by atoms with E-state index in [-0.39, 0.29) is 17.8 Å². The lowest BCUT2D eigenvalue weighted by atomic mass is 9.13. The summed E-state index contributed by atoms with van der Waals surface area (Å²) < 4.78 is 99.3. The molecule has 0 aliphatic heterocycles. The zero-order valence-corrected chi connectivity index (χ0v) is 12.8. The predicted octanol–water partition coefficient (Wildman–Crippen LogP) is 2.38. The van der Waals surface area contributed by atoms with E-state index in [1.54, 1.807) is 0 Å². The summed E-state index contributed by atoms with van der Waals surface area (Å²) in [6.45, 7) is 0. The van der Waals surface area contributed by atoms with Crippen LogP contribution in [0, 0.1) is 28.6 Å². The Morgan fingerprint density at radius 1 is 1.08 bits per heavy atom. The maximum Gasteiger partial charge on any atom is 0.432 e. The second-order valence-corrected chi connectivity index (χ2v) is 8.84. The number of halogens is 5. The summed E-state index contributed by atoms with van der Waals surface area (Å²) in [5, 5.41) is -5.67. The van der Waals surface area contributed by atoms with Crippen molar-refractivity contribution in [1.29, 1.82) is 0 Å². The van der Waals surface area contributed by atoms with E-state index in [0.29, 0.717) is 12.8 Å². The number of hydrogen-bond acceptors (Lipinski definition) is 4. The SMILES string of the molecule is O=C(OC(C(F)(F)F)C(F)(F)S(=O)(=O)O)C12CC3CC4CC(C1)C432. The summed E-state index contributed by atoms with van der Waals surface area (Å²) in [5.41, 5.74) is -1.60. The van der Waals surface area contributed by atoms with Crippen LogP contribution in [0.15, 0.2) is 0 Å². The van der Waals surface area contributed by atoms with Crippen LogP contribution in [0.4, 0.5) is 22.0 Å². The van der Waals surface area contributed by atoms with Gasteiger partial charge in [0, 0.05) is 0 Å². The molecule has 4 fully saturated rings. The van der Waals surface area contributed by atoms with Gasteiger partial charge in [-0.05, 0) is 48.9 Å². The van der Waals surface area contributed by atoms with Gasteiger partial charge in [0.15, 0.2) is 0 Å². The fourth-order valence-corrected chi connectivity index (χ4v) is 6.41. The smallest absolute Gasteiger partial charge is 0.432 e. The number of esters is 1. The molecule has 0 aromatic carbocycles. The van der Waals surface area contributed by atoms with E-state index < -0.39 is 44.5 Å². The van der Waals surface area contributed by atoms with Crippen LogP contribution in [-0.4, -0.2) is 36.5 Å². The van der Waals surface area contributed by atoms with Crippen molar-refractivity contribution < 1.29 is 44.5 Å². The molecule has 1 spiro atoms. The van der Waals surface area contributed by atoms with Crippen molar-refractivity contribution in [3.8, 4) is 0 Å². The van der Waals surface area contributed by atoms with Gasteiger partial charge in [0.1, 0.15) is 0 Å². The monoisotopic (exact) mass is 376 g/mol. The lowest BCUT2D eigenvalue weighted by molar-refractivity contribution is -0.421. The number of alkyl halides is 5. The first-order chi connectivity index (χ1) is 10.8. The van der Waals surface area contributed by atoms with Gasteiger partial charge in [-0.15, -0.1) is 0 Å². The molecule has 5 nitrogen and oxygen atoms in total. The van der Waals surface area contributed by atoms with Gasteiger partial charge < -0.3 is 4.74 Å². The van der Waals surface area contributed by atoms with Crippen molar-refractivity contribution in [2.24, 2.45) is 28.6 Å². The molecule has 4 rings (SSSR count). The van der Waals surface area contributed by atoms with Gasteiger partial charge in [-0.3, -0.25) is 9.35 Å². The molecule has 0 radical (unpaired) electrons. The van der Waals surface area contributed by atoms with Crippen molar-refractivity contribution in [1.82, 2.24) is 0 Å². The van der Waals surface area contributed by atoms with E-state index in [1.807, 2.05) is 0 Å². The molecule has 4 saturated carbocycles. The van der Waals surface area contributed by atoms with Gasteiger partial charge >= 0.3 is 27.5 Å². The van der Waals surface area contributed by atoms with E-state index >= 15 is 0 Å². The zero-order valence-electron chi connectivity index (χ0n) is 12.0. The first-order valence-corrected chi connectivity index (χ1v) is 8.85. The summed E-state index contributed by atoms with van der Waals surface area (Å²) >= 11 is 0. The van der Waals surface area contributed by atoms with E-state index in [9.17, 15) is 35.2 Å². The highest BCUT2D eigenvalue weighted by Gasteiger charge is 2.90. The molecule has 3 atom stereocenters. The third kappa shape index (κ3) is 1.50. The minimum Gasteiger partial charge on any atom is -0.444 e. The lowest BCUT2D eigenvalue weighted by Crippen LogP contribution is -2.87. The molecule has 0 bridgehead atoms. The number of carbonyl (C=O) groups is 1.